The molecular formula is C20H26N6S. The quantitative estimate of drug-likeness (QED) is 0.487. The number of aromatic nitrogens is 3. The van der Waals surface area contributed by atoms with Crippen LogP contribution < -0.4 is 10.6 Å². The molecule has 7 heteroatoms. The van der Waals surface area contributed by atoms with Crippen LogP contribution in [0.1, 0.15) is 27.0 Å². The molecule has 0 radical (unpaired) electrons. The molecule has 0 atom stereocenters. The van der Waals surface area contributed by atoms with E-state index in [9.17, 15) is 0 Å². The van der Waals surface area contributed by atoms with Gasteiger partial charge in [-0.25, -0.2) is 9.97 Å². The fourth-order valence-corrected chi connectivity index (χ4v) is 3.65. The number of imidazole rings is 1. The number of guanidine groups is 1. The molecule has 0 amide bonds. The van der Waals surface area contributed by atoms with Gasteiger partial charge in [0.2, 0.25) is 0 Å². The number of nitrogens with one attached hydrogen (secondary N) is 2. The van der Waals surface area contributed by atoms with Crippen molar-refractivity contribution in [3.05, 3.63) is 69.7 Å². The van der Waals surface area contributed by atoms with Crippen molar-refractivity contribution in [2.24, 2.45) is 4.99 Å². The number of hydrogen-bond acceptors (Lipinski definition) is 4. The highest BCUT2D eigenvalue weighted by molar-refractivity contribution is 7.11. The van der Waals surface area contributed by atoms with Crippen LogP contribution in [0.3, 0.4) is 0 Å². The van der Waals surface area contributed by atoms with Gasteiger partial charge >= 0.3 is 0 Å². The Morgan fingerprint density at radius 2 is 2.00 bits per heavy atom. The smallest absolute Gasteiger partial charge is 0.191 e. The second kappa shape index (κ2) is 9.32. The summed E-state index contributed by atoms with van der Waals surface area (Å²) < 4.78 is 2.19. The number of aliphatic imine (C=N–C) groups is 1. The number of rotatable bonds is 7. The monoisotopic (exact) mass is 382 g/mol. The minimum atomic E-state index is 0.682. The van der Waals surface area contributed by atoms with E-state index in [0.717, 1.165) is 42.0 Å². The normalized spacial score (nSPS) is 11.6. The summed E-state index contributed by atoms with van der Waals surface area (Å²) in [5.74, 6) is 1.84. The number of thiazole rings is 1. The molecule has 142 valence electrons. The Kier molecular flexibility index (Phi) is 6.59. The molecule has 1 aromatic carbocycles. The predicted octanol–water partition coefficient (Wildman–Crippen LogP) is 2.91. The van der Waals surface area contributed by atoms with Gasteiger partial charge in [-0.15, -0.1) is 11.3 Å². The van der Waals surface area contributed by atoms with Crippen LogP contribution >= 0.6 is 11.3 Å². The van der Waals surface area contributed by atoms with Crippen LogP contribution in [0.2, 0.25) is 0 Å². The van der Waals surface area contributed by atoms with Crippen LogP contribution in [-0.4, -0.2) is 34.1 Å². The molecule has 3 rings (SSSR count). The average Bonchev–Trinajstić information content (AvgIpc) is 3.25. The zero-order valence-corrected chi connectivity index (χ0v) is 16.9. The van der Waals surface area contributed by atoms with E-state index in [4.69, 9.17) is 0 Å². The van der Waals surface area contributed by atoms with E-state index >= 15 is 0 Å². The highest BCUT2D eigenvalue weighted by Crippen LogP contribution is 2.15. The van der Waals surface area contributed by atoms with E-state index in [-0.39, 0.29) is 0 Å². The molecule has 27 heavy (non-hydrogen) atoms. The molecule has 0 fully saturated rings. The van der Waals surface area contributed by atoms with Crippen LogP contribution in [0.5, 0.6) is 0 Å². The summed E-state index contributed by atoms with van der Waals surface area (Å²) >= 11 is 1.72. The van der Waals surface area contributed by atoms with Gasteiger partial charge in [-0.05, 0) is 19.4 Å². The lowest BCUT2D eigenvalue weighted by atomic mass is 10.2. The minimum absolute atomic E-state index is 0.682. The van der Waals surface area contributed by atoms with E-state index in [1.54, 1.807) is 18.4 Å². The molecule has 0 aliphatic rings. The lowest BCUT2D eigenvalue weighted by Gasteiger charge is -2.12. The Labute approximate surface area is 164 Å². The second-order valence-corrected chi connectivity index (χ2v) is 7.60. The highest BCUT2D eigenvalue weighted by atomic mass is 32.1. The third-order valence-corrected chi connectivity index (χ3v) is 5.41. The van der Waals surface area contributed by atoms with Gasteiger partial charge in [0.1, 0.15) is 10.8 Å². The van der Waals surface area contributed by atoms with Crippen molar-refractivity contribution >= 4 is 17.3 Å². The minimum Gasteiger partial charge on any atom is -0.356 e. The summed E-state index contributed by atoms with van der Waals surface area (Å²) in [6, 6.07) is 10.4. The molecule has 0 aliphatic carbocycles. The van der Waals surface area contributed by atoms with Crippen LogP contribution in [-0.2, 0) is 19.5 Å². The molecular weight excluding hydrogens is 356 g/mol. The Bertz CT molecular complexity index is 862. The van der Waals surface area contributed by atoms with E-state index in [2.05, 4.69) is 61.4 Å². The number of aryl methyl sites for hydroxylation is 2. The Morgan fingerprint density at radius 1 is 1.19 bits per heavy atom. The number of benzene rings is 1. The number of nitrogens with zero attached hydrogens (tertiary/aromatic N) is 4. The zero-order valence-electron chi connectivity index (χ0n) is 16.1. The Hall–Kier alpha value is -2.67. The van der Waals surface area contributed by atoms with Crippen molar-refractivity contribution in [2.75, 3.05) is 13.6 Å². The van der Waals surface area contributed by atoms with Gasteiger partial charge in [0.25, 0.3) is 0 Å². The van der Waals surface area contributed by atoms with Gasteiger partial charge in [-0.1, -0.05) is 30.3 Å². The van der Waals surface area contributed by atoms with Crippen LogP contribution in [0.4, 0.5) is 0 Å². The third-order valence-electron chi connectivity index (χ3n) is 4.34. The van der Waals surface area contributed by atoms with Gasteiger partial charge in [0.05, 0.1) is 12.2 Å². The zero-order chi connectivity index (χ0) is 19.1. The summed E-state index contributed by atoms with van der Waals surface area (Å²) in [5, 5.41) is 7.75. The summed E-state index contributed by atoms with van der Waals surface area (Å²) in [5.41, 5.74) is 2.38. The predicted molar refractivity (Wildman–Crippen MR) is 111 cm³/mol. The van der Waals surface area contributed by atoms with Crippen molar-refractivity contribution in [3.63, 3.8) is 0 Å². The summed E-state index contributed by atoms with van der Waals surface area (Å²) in [7, 11) is 1.78. The molecule has 0 unspecified atom stereocenters. The van der Waals surface area contributed by atoms with E-state index in [0.29, 0.717) is 6.54 Å². The molecule has 0 bridgehead atoms. The van der Waals surface area contributed by atoms with Crippen molar-refractivity contribution < 1.29 is 0 Å². The molecule has 2 N–H and O–H groups in total. The van der Waals surface area contributed by atoms with Crippen molar-refractivity contribution in [2.45, 2.75) is 33.4 Å². The van der Waals surface area contributed by atoms with Crippen molar-refractivity contribution in [1.82, 2.24) is 25.2 Å². The maximum Gasteiger partial charge on any atom is 0.191 e. The summed E-state index contributed by atoms with van der Waals surface area (Å²) in [6.45, 7) is 6.43. The maximum absolute atomic E-state index is 4.55. The summed E-state index contributed by atoms with van der Waals surface area (Å²) in [4.78, 5) is 14.6. The van der Waals surface area contributed by atoms with E-state index in [1.165, 1.54) is 10.4 Å². The first-order valence-electron chi connectivity index (χ1n) is 9.07. The van der Waals surface area contributed by atoms with Crippen molar-refractivity contribution in [1.29, 1.82) is 0 Å². The SMILES string of the molecule is CN=C(NCCc1nccn1Cc1ccccc1)NCc1nc(C)c(C)s1. The Morgan fingerprint density at radius 3 is 2.70 bits per heavy atom. The molecule has 0 saturated carbocycles. The molecule has 0 aliphatic heterocycles. The fourth-order valence-electron chi connectivity index (χ4n) is 2.78. The Balaban J connectivity index is 1.48. The number of hydrogen-bond donors (Lipinski definition) is 2. The molecule has 2 heterocycles. The summed E-state index contributed by atoms with van der Waals surface area (Å²) in [6.07, 6.45) is 4.72. The largest absolute Gasteiger partial charge is 0.356 e. The van der Waals surface area contributed by atoms with E-state index < -0.39 is 0 Å². The first kappa shape index (κ1) is 19.1. The average molecular weight is 383 g/mol. The molecule has 6 nitrogen and oxygen atoms in total. The van der Waals surface area contributed by atoms with Gasteiger partial charge in [0.15, 0.2) is 5.96 Å². The topological polar surface area (TPSA) is 67.1 Å². The van der Waals surface area contributed by atoms with Crippen molar-refractivity contribution in [3.8, 4) is 0 Å². The van der Waals surface area contributed by atoms with Gasteiger partial charge in [-0.2, -0.15) is 0 Å². The lowest BCUT2D eigenvalue weighted by molar-refractivity contribution is 0.693. The highest BCUT2D eigenvalue weighted by Gasteiger charge is 2.06. The lowest BCUT2D eigenvalue weighted by Crippen LogP contribution is -2.38. The first-order valence-corrected chi connectivity index (χ1v) is 9.88. The van der Waals surface area contributed by atoms with Gasteiger partial charge in [-0.3, -0.25) is 4.99 Å². The standard InChI is InChI=1S/C20H26N6S/c1-15-16(2)27-19(25-15)13-24-20(21-3)23-10-9-18-22-11-12-26(18)14-17-7-5-4-6-8-17/h4-8,11-12H,9-10,13-14H2,1-3H3,(H2,21,23,24). The first-order chi connectivity index (χ1) is 13.2. The maximum atomic E-state index is 4.55. The van der Waals surface area contributed by atoms with E-state index in [1.807, 2.05) is 25.4 Å². The molecule has 0 spiro atoms. The molecule has 2 aromatic heterocycles. The molecule has 3 aromatic rings. The fraction of sp³-hybridized carbons (Fsp3) is 0.350. The van der Waals surface area contributed by atoms with Crippen LogP contribution in [0.25, 0.3) is 0 Å². The van der Waals surface area contributed by atoms with Gasteiger partial charge in [0, 0.05) is 43.8 Å². The molecule has 0 saturated heterocycles. The van der Waals surface area contributed by atoms with Crippen LogP contribution in [0, 0.1) is 13.8 Å². The van der Waals surface area contributed by atoms with Crippen LogP contribution in [0.15, 0.2) is 47.7 Å². The van der Waals surface area contributed by atoms with Gasteiger partial charge < -0.3 is 15.2 Å². The second-order valence-electron chi connectivity index (χ2n) is 6.31. The third kappa shape index (κ3) is 5.40.